The van der Waals surface area contributed by atoms with Gasteiger partial charge in [-0.2, -0.15) is 0 Å². The Labute approximate surface area is 241 Å². The monoisotopic (exact) mass is 566 g/mol. The van der Waals surface area contributed by atoms with Crippen LogP contribution in [-0.2, 0) is 6.54 Å². The topological polar surface area (TPSA) is 90.5 Å². The zero-order chi connectivity index (χ0) is 28.8. The molecule has 41 heavy (non-hydrogen) atoms. The van der Waals surface area contributed by atoms with Crippen molar-refractivity contribution in [3.63, 3.8) is 0 Å². The number of carboxylic acids is 1. The third-order valence-electron chi connectivity index (χ3n) is 6.74. The first-order valence-electron chi connectivity index (χ1n) is 13.1. The van der Waals surface area contributed by atoms with Gasteiger partial charge in [0, 0.05) is 11.6 Å². The van der Waals surface area contributed by atoms with Crippen LogP contribution < -0.4 is 16.0 Å². The van der Waals surface area contributed by atoms with E-state index in [1.165, 1.54) is 16.7 Å². The Bertz CT molecular complexity index is 1790. The normalized spacial score (nSPS) is 11.4. The van der Waals surface area contributed by atoms with Gasteiger partial charge in [-0.3, -0.25) is 9.36 Å². The van der Waals surface area contributed by atoms with Crippen molar-refractivity contribution in [2.75, 3.05) is 6.61 Å². The minimum Gasteiger partial charge on any atom is -0.490 e. The van der Waals surface area contributed by atoms with Crippen LogP contribution in [0, 0.1) is 0 Å². The second kappa shape index (κ2) is 12.5. The van der Waals surface area contributed by atoms with E-state index < -0.39 is 17.7 Å². The summed E-state index contributed by atoms with van der Waals surface area (Å²) in [6.45, 7) is 0.533. The molecule has 0 amide bonds. The highest BCUT2D eigenvalue weighted by molar-refractivity contribution is 6.31. The van der Waals surface area contributed by atoms with Crippen LogP contribution in [-0.4, -0.2) is 26.8 Å². The van der Waals surface area contributed by atoms with Gasteiger partial charge in [0.25, 0.3) is 5.56 Å². The second-order valence-corrected chi connectivity index (χ2v) is 9.84. The van der Waals surface area contributed by atoms with Crippen LogP contribution in [0.3, 0.4) is 0 Å². The SMILES string of the molecule is O=C(O)c1cccc(OC/C=C/CCn2c(=O)n(C(c3ccccc3)c3ccccc3)c(=O)c3ccc(Cl)cc32)c1. The molecule has 1 aromatic heterocycles. The van der Waals surface area contributed by atoms with E-state index in [1.54, 1.807) is 41.0 Å². The Balaban J connectivity index is 1.48. The number of ether oxygens (including phenoxy) is 1. The maximum Gasteiger partial charge on any atom is 0.335 e. The first-order valence-corrected chi connectivity index (χ1v) is 13.5. The fourth-order valence-corrected chi connectivity index (χ4v) is 4.98. The van der Waals surface area contributed by atoms with Gasteiger partial charge in [0.05, 0.1) is 22.5 Å². The third kappa shape index (κ3) is 6.15. The average molecular weight is 567 g/mol. The average Bonchev–Trinajstić information content (AvgIpc) is 2.99. The zero-order valence-electron chi connectivity index (χ0n) is 22.0. The van der Waals surface area contributed by atoms with Crippen molar-refractivity contribution >= 4 is 28.5 Å². The molecular weight excluding hydrogens is 540 g/mol. The molecule has 8 heteroatoms. The smallest absolute Gasteiger partial charge is 0.335 e. The summed E-state index contributed by atoms with van der Waals surface area (Å²) in [4.78, 5) is 39.1. The van der Waals surface area contributed by atoms with Gasteiger partial charge in [-0.1, -0.05) is 90.5 Å². The van der Waals surface area contributed by atoms with Crippen LogP contribution in [0.25, 0.3) is 10.9 Å². The predicted octanol–water partition coefficient (Wildman–Crippen LogP) is 6.18. The lowest BCUT2D eigenvalue weighted by Crippen LogP contribution is -2.43. The van der Waals surface area contributed by atoms with E-state index >= 15 is 0 Å². The molecule has 0 saturated carbocycles. The molecule has 0 unspecified atom stereocenters. The number of nitrogens with zero attached hydrogens (tertiary/aromatic N) is 2. The number of benzene rings is 4. The number of halogens is 1. The highest BCUT2D eigenvalue weighted by Crippen LogP contribution is 2.25. The van der Waals surface area contributed by atoms with Crippen LogP contribution in [0.15, 0.2) is 125 Å². The minimum atomic E-state index is -1.02. The molecule has 0 saturated heterocycles. The Morgan fingerprint density at radius 1 is 0.854 bits per heavy atom. The van der Waals surface area contributed by atoms with Crippen molar-refractivity contribution in [2.45, 2.75) is 19.0 Å². The van der Waals surface area contributed by atoms with Gasteiger partial charge in [0.1, 0.15) is 12.4 Å². The summed E-state index contributed by atoms with van der Waals surface area (Å²) in [5, 5.41) is 9.98. The Morgan fingerprint density at radius 2 is 1.54 bits per heavy atom. The lowest BCUT2D eigenvalue weighted by atomic mass is 9.98. The molecule has 0 spiro atoms. The number of carboxylic acid groups (broad SMARTS) is 1. The molecule has 0 aliphatic heterocycles. The number of hydrogen-bond acceptors (Lipinski definition) is 4. The molecule has 1 N–H and O–H groups in total. The first-order chi connectivity index (χ1) is 19.9. The number of allylic oxidation sites excluding steroid dienone is 1. The number of fused-ring (bicyclic) bond motifs is 1. The molecule has 206 valence electrons. The van der Waals surface area contributed by atoms with Crippen molar-refractivity contribution in [3.8, 4) is 5.75 Å². The molecule has 1 heterocycles. The van der Waals surface area contributed by atoms with Crippen molar-refractivity contribution in [1.82, 2.24) is 9.13 Å². The molecule has 7 nitrogen and oxygen atoms in total. The minimum absolute atomic E-state index is 0.149. The molecule has 0 bridgehead atoms. The van der Waals surface area contributed by atoms with Crippen LogP contribution in [0.4, 0.5) is 0 Å². The predicted molar refractivity (Wildman–Crippen MR) is 160 cm³/mol. The van der Waals surface area contributed by atoms with Crippen molar-refractivity contribution < 1.29 is 14.6 Å². The van der Waals surface area contributed by atoms with Gasteiger partial charge >= 0.3 is 11.7 Å². The van der Waals surface area contributed by atoms with Crippen LogP contribution in [0.5, 0.6) is 5.75 Å². The molecule has 5 aromatic rings. The van der Waals surface area contributed by atoms with Gasteiger partial charge in [-0.15, -0.1) is 0 Å². The summed E-state index contributed by atoms with van der Waals surface area (Å²) in [5.41, 5.74) is 1.44. The van der Waals surface area contributed by atoms with Crippen molar-refractivity contribution in [2.24, 2.45) is 0 Å². The number of aromatic nitrogens is 2. The van der Waals surface area contributed by atoms with Gasteiger partial charge in [0.2, 0.25) is 0 Å². The van der Waals surface area contributed by atoms with E-state index in [4.69, 9.17) is 21.4 Å². The summed E-state index contributed by atoms with van der Waals surface area (Å²) in [7, 11) is 0. The van der Waals surface area contributed by atoms with Crippen molar-refractivity contribution in [3.05, 3.63) is 158 Å². The highest BCUT2D eigenvalue weighted by atomic mass is 35.5. The van der Waals surface area contributed by atoms with Crippen LogP contribution in [0.2, 0.25) is 5.02 Å². The molecular formula is C33H27ClN2O5. The maximum atomic E-state index is 14.1. The Kier molecular flexibility index (Phi) is 8.46. The van der Waals surface area contributed by atoms with Gasteiger partial charge in [-0.05, 0) is 53.9 Å². The quantitative estimate of drug-likeness (QED) is 0.204. The number of aromatic carboxylic acids is 1. The molecule has 0 fully saturated rings. The van der Waals surface area contributed by atoms with E-state index in [-0.39, 0.29) is 17.7 Å². The Hall–Kier alpha value is -4.88. The van der Waals surface area contributed by atoms with E-state index in [0.717, 1.165) is 11.1 Å². The molecule has 0 aliphatic carbocycles. The largest absolute Gasteiger partial charge is 0.490 e. The maximum absolute atomic E-state index is 14.1. The fourth-order valence-electron chi connectivity index (χ4n) is 4.82. The van der Waals surface area contributed by atoms with E-state index in [9.17, 15) is 14.4 Å². The summed E-state index contributed by atoms with van der Waals surface area (Å²) in [6.07, 6.45) is 4.17. The van der Waals surface area contributed by atoms with E-state index in [2.05, 4.69) is 0 Å². The van der Waals surface area contributed by atoms with Crippen molar-refractivity contribution in [1.29, 1.82) is 0 Å². The zero-order valence-corrected chi connectivity index (χ0v) is 22.8. The molecule has 0 atom stereocenters. The summed E-state index contributed by atoms with van der Waals surface area (Å²) in [6, 6.07) is 29.6. The summed E-state index contributed by atoms with van der Waals surface area (Å²) in [5.74, 6) is -0.571. The van der Waals surface area contributed by atoms with E-state index in [1.807, 2.05) is 66.7 Å². The summed E-state index contributed by atoms with van der Waals surface area (Å²) < 4.78 is 8.55. The first kappa shape index (κ1) is 27.7. The van der Waals surface area contributed by atoms with Crippen LogP contribution >= 0.6 is 11.6 Å². The third-order valence-corrected chi connectivity index (χ3v) is 6.97. The second-order valence-electron chi connectivity index (χ2n) is 9.40. The highest BCUT2D eigenvalue weighted by Gasteiger charge is 2.23. The van der Waals surface area contributed by atoms with E-state index in [0.29, 0.717) is 34.6 Å². The fraction of sp³-hybridized carbons (Fsp3) is 0.121. The lowest BCUT2D eigenvalue weighted by molar-refractivity contribution is 0.0696. The van der Waals surface area contributed by atoms with Gasteiger partial charge in [0.15, 0.2) is 0 Å². The molecule has 5 rings (SSSR count). The standard InChI is InChI=1S/C33H27ClN2O5/c34-26-17-18-28-29(22-26)35(19-8-3-9-20-41-27-16-10-15-25(21-27)32(38)39)33(40)36(31(28)37)30(23-11-4-1-5-12-23)24-13-6-2-7-14-24/h1-7,9-18,21-22,30H,8,19-20H2,(H,38,39)/b9-3+. The van der Waals surface area contributed by atoms with Gasteiger partial charge < -0.3 is 9.84 Å². The van der Waals surface area contributed by atoms with Gasteiger partial charge in [-0.25, -0.2) is 14.2 Å². The lowest BCUT2D eigenvalue weighted by Gasteiger charge is -2.23. The molecule has 0 radical (unpaired) electrons. The summed E-state index contributed by atoms with van der Waals surface area (Å²) >= 11 is 6.29. The van der Waals surface area contributed by atoms with Crippen LogP contribution in [0.1, 0.15) is 33.9 Å². The number of carbonyl (C=O) groups is 1. The number of aryl methyl sites for hydroxylation is 1. The number of rotatable bonds is 10. The molecule has 4 aromatic carbocycles. The Morgan fingerprint density at radius 3 is 2.20 bits per heavy atom. The number of hydrogen-bond donors (Lipinski definition) is 1. The molecule has 0 aliphatic rings.